The monoisotopic (exact) mass is 690 g/mol. The molecule has 2 N–H and O–H groups in total. The zero-order valence-electron chi connectivity index (χ0n) is 29.3. The highest BCUT2D eigenvalue weighted by atomic mass is 16.5. The predicted octanol–water partition coefficient (Wildman–Crippen LogP) is 8.05. The lowest BCUT2D eigenvalue weighted by Crippen LogP contribution is -2.35. The number of hydrogen-bond acceptors (Lipinski definition) is 7. The van der Waals surface area contributed by atoms with E-state index in [0.29, 0.717) is 11.6 Å². The molecule has 0 radical (unpaired) electrons. The third-order valence-electron chi connectivity index (χ3n) is 10.4. The topological polar surface area (TPSA) is 135 Å². The Hall–Kier alpha value is -5.25. The molecular weight excluding hydrogens is 644 g/mol. The number of anilines is 1. The smallest absolute Gasteiger partial charge is 0.323 e. The average molecular weight is 691 g/mol. The summed E-state index contributed by atoms with van der Waals surface area (Å²) in [6.07, 6.45) is 16.6. The maximum absolute atomic E-state index is 13.3. The molecular formula is C41H46N4O6. The van der Waals surface area contributed by atoms with Crippen LogP contribution < -0.4 is 10.1 Å². The van der Waals surface area contributed by atoms with Gasteiger partial charge in [-0.3, -0.25) is 19.7 Å². The molecule has 1 fully saturated rings. The molecule has 4 aromatic rings. The van der Waals surface area contributed by atoms with E-state index >= 15 is 0 Å². The van der Waals surface area contributed by atoms with Crippen LogP contribution in [0, 0.1) is 17.8 Å². The molecule has 2 aromatic carbocycles. The van der Waals surface area contributed by atoms with Gasteiger partial charge in [0, 0.05) is 36.1 Å². The molecule has 2 heterocycles. The number of aliphatic carboxylic acids is 1. The Labute approximate surface area is 299 Å². The molecule has 6 rings (SSSR count). The molecule has 266 valence electrons. The molecule has 10 heteroatoms. The number of carboxylic acid groups (broad SMARTS) is 1. The van der Waals surface area contributed by atoms with Crippen LogP contribution in [0.4, 0.5) is 5.88 Å². The van der Waals surface area contributed by atoms with E-state index in [1.54, 1.807) is 31.4 Å². The Balaban J connectivity index is 1.03. The van der Waals surface area contributed by atoms with Gasteiger partial charge in [0.25, 0.3) is 5.91 Å². The zero-order chi connectivity index (χ0) is 35.7. The van der Waals surface area contributed by atoms with Crippen molar-refractivity contribution in [1.82, 2.24) is 14.9 Å². The number of aromatic nitrogens is 2. The van der Waals surface area contributed by atoms with Gasteiger partial charge in [0.2, 0.25) is 5.91 Å². The lowest BCUT2D eigenvalue weighted by atomic mass is 9.71. The number of amides is 2. The first-order valence-corrected chi connectivity index (χ1v) is 17.9. The van der Waals surface area contributed by atoms with Crippen molar-refractivity contribution >= 4 is 29.2 Å². The van der Waals surface area contributed by atoms with Crippen molar-refractivity contribution in [3.8, 4) is 17.1 Å². The van der Waals surface area contributed by atoms with Gasteiger partial charge >= 0.3 is 5.97 Å². The molecule has 1 atom stereocenters. The number of nitrogens with one attached hydrogen (secondary N) is 1. The van der Waals surface area contributed by atoms with Crippen molar-refractivity contribution in [2.24, 2.45) is 17.8 Å². The fraction of sp³-hybridized carbons (Fsp3) is 0.390. The summed E-state index contributed by atoms with van der Waals surface area (Å²) in [4.78, 5) is 48.1. The second kappa shape index (κ2) is 16.6. The molecule has 0 saturated heterocycles. The summed E-state index contributed by atoms with van der Waals surface area (Å²) in [7, 11) is 1.57. The van der Waals surface area contributed by atoms with Crippen LogP contribution in [0.1, 0.15) is 85.5 Å². The van der Waals surface area contributed by atoms with Gasteiger partial charge in [-0.05, 0) is 84.8 Å². The van der Waals surface area contributed by atoms with Gasteiger partial charge in [0.15, 0.2) is 17.5 Å². The number of nitrogens with zero attached hydrogens (tertiary/aromatic N) is 3. The molecule has 1 saturated carbocycles. The van der Waals surface area contributed by atoms with Gasteiger partial charge < -0.3 is 19.2 Å². The number of hydrogen-bond donors (Lipinski definition) is 2. The van der Waals surface area contributed by atoms with Crippen LogP contribution in [-0.2, 0) is 22.6 Å². The van der Waals surface area contributed by atoms with E-state index in [2.05, 4.69) is 28.3 Å². The first kappa shape index (κ1) is 35.6. The fourth-order valence-electron chi connectivity index (χ4n) is 7.38. The summed E-state index contributed by atoms with van der Waals surface area (Å²) in [6.45, 7) is 1.84. The molecule has 0 aliphatic heterocycles. The molecule has 51 heavy (non-hydrogen) atoms. The molecule has 2 aliphatic rings. The molecule has 2 aromatic heterocycles. The minimum absolute atomic E-state index is 0.0419. The molecule has 0 bridgehead atoms. The highest BCUT2D eigenvalue weighted by molar-refractivity contribution is 5.95. The first-order valence-electron chi connectivity index (χ1n) is 17.9. The second-order valence-corrected chi connectivity index (χ2v) is 13.7. The number of furan rings is 1. The summed E-state index contributed by atoms with van der Waals surface area (Å²) < 4.78 is 10.7. The van der Waals surface area contributed by atoms with E-state index in [-0.39, 0.29) is 30.5 Å². The van der Waals surface area contributed by atoms with Crippen LogP contribution in [0.2, 0.25) is 0 Å². The Morgan fingerprint density at radius 3 is 2.22 bits per heavy atom. The number of benzene rings is 2. The molecule has 2 aliphatic carbocycles. The van der Waals surface area contributed by atoms with E-state index in [9.17, 15) is 19.5 Å². The number of rotatable bonds is 13. The quantitative estimate of drug-likeness (QED) is 0.144. The zero-order valence-corrected chi connectivity index (χ0v) is 29.3. The van der Waals surface area contributed by atoms with Crippen LogP contribution in [-0.4, -0.2) is 51.4 Å². The van der Waals surface area contributed by atoms with E-state index in [1.807, 2.05) is 36.7 Å². The Morgan fingerprint density at radius 2 is 1.59 bits per heavy atom. The number of carbonyl (C=O) groups excluding carboxylic acids is 2. The Kier molecular flexibility index (Phi) is 11.6. The van der Waals surface area contributed by atoms with Crippen molar-refractivity contribution < 1.29 is 28.6 Å². The molecule has 1 unspecified atom stereocenters. The number of carbonyl (C=O) groups is 3. The summed E-state index contributed by atoms with van der Waals surface area (Å²) in [5.74, 6) is 1.81. The van der Waals surface area contributed by atoms with Gasteiger partial charge in [-0.25, -0.2) is 9.97 Å². The van der Waals surface area contributed by atoms with Crippen molar-refractivity contribution in [3.63, 3.8) is 0 Å². The lowest BCUT2D eigenvalue weighted by Gasteiger charge is -2.35. The van der Waals surface area contributed by atoms with Crippen LogP contribution in [0.15, 0.2) is 83.6 Å². The van der Waals surface area contributed by atoms with E-state index in [1.165, 1.54) is 61.1 Å². The van der Waals surface area contributed by atoms with Gasteiger partial charge in [-0.15, -0.1) is 0 Å². The van der Waals surface area contributed by atoms with E-state index in [0.717, 1.165) is 52.8 Å². The van der Waals surface area contributed by atoms with Crippen molar-refractivity contribution in [2.45, 2.75) is 71.3 Å². The number of carboxylic acids is 1. The predicted molar refractivity (Wildman–Crippen MR) is 195 cm³/mol. The summed E-state index contributed by atoms with van der Waals surface area (Å²) in [6, 6.07) is 17.4. The largest absolute Gasteiger partial charge is 0.497 e. The average Bonchev–Trinajstić information content (AvgIpc) is 3.63. The van der Waals surface area contributed by atoms with E-state index < -0.39 is 18.4 Å². The first-order chi connectivity index (χ1) is 24.8. The van der Waals surface area contributed by atoms with Gasteiger partial charge in [0.05, 0.1) is 13.5 Å². The fourth-order valence-corrected chi connectivity index (χ4v) is 7.38. The third-order valence-corrected chi connectivity index (χ3v) is 10.4. The summed E-state index contributed by atoms with van der Waals surface area (Å²) >= 11 is 0. The molecule has 2 amide bonds. The minimum atomic E-state index is -1.16. The number of allylic oxidation sites excluding steroid dienone is 2. The minimum Gasteiger partial charge on any atom is -0.497 e. The normalized spacial score (nSPS) is 18.8. The lowest BCUT2D eigenvalue weighted by molar-refractivity contribution is -0.137. The summed E-state index contributed by atoms with van der Waals surface area (Å²) in [5.41, 5.74) is 4.74. The van der Waals surface area contributed by atoms with Crippen molar-refractivity contribution in [1.29, 1.82) is 0 Å². The van der Waals surface area contributed by atoms with Gasteiger partial charge in [-0.1, -0.05) is 68.7 Å². The van der Waals surface area contributed by atoms with Crippen LogP contribution >= 0.6 is 0 Å². The highest BCUT2D eigenvalue weighted by Crippen LogP contribution is 2.41. The van der Waals surface area contributed by atoms with E-state index in [4.69, 9.17) is 9.15 Å². The van der Waals surface area contributed by atoms with Crippen molar-refractivity contribution in [3.05, 3.63) is 102 Å². The molecule has 10 nitrogen and oxygen atoms in total. The number of ether oxygens (including phenoxy) is 1. The summed E-state index contributed by atoms with van der Waals surface area (Å²) in [5, 5.41) is 12.2. The molecule has 0 spiro atoms. The second-order valence-electron chi connectivity index (χ2n) is 13.7. The third kappa shape index (κ3) is 9.31. The standard InChI is InChI=1S/C41H46N4O6/c1-3-27-4-10-30(11-5-27)31-14-16-32(17-15-31)34-23-42-40(43-24-34)33-12-6-29(7-13-33)25-45(26-39(47)48)41(49)36-20-21-38(51-36)44-37(46)22-28-8-18-35(50-2)19-9-28/h6-9,12-13,16,18-21,23-24,27,30-31H,3-5,10-11,14-15,17,22,25-26H2,1-2H3,(H,44,46)(H,47,48)/t27-,30-,31?. The van der Waals surface area contributed by atoms with Crippen molar-refractivity contribution in [2.75, 3.05) is 19.0 Å². The van der Waals surface area contributed by atoms with Gasteiger partial charge in [-0.2, -0.15) is 0 Å². The van der Waals surface area contributed by atoms with Crippen LogP contribution in [0.3, 0.4) is 0 Å². The van der Waals surface area contributed by atoms with Crippen LogP contribution in [0.5, 0.6) is 5.75 Å². The Bertz CT molecular complexity index is 1820. The SMILES string of the molecule is CC[C@H]1CC[C@H](C2CC=C(c3cnc(-c4ccc(CN(CC(=O)O)C(=O)c5ccc(NC(=O)Cc6ccc(OC)cc6)o5)cc4)nc3)CC2)CC1. The maximum atomic E-state index is 13.3. The van der Waals surface area contributed by atoms with Gasteiger partial charge in [0.1, 0.15) is 12.3 Å². The van der Waals surface area contributed by atoms with Crippen LogP contribution in [0.25, 0.3) is 17.0 Å². The number of methoxy groups -OCH3 is 1. The maximum Gasteiger partial charge on any atom is 0.323 e. The Morgan fingerprint density at radius 1 is 0.882 bits per heavy atom. The highest BCUT2D eigenvalue weighted by Gasteiger charge is 2.28.